The van der Waals surface area contributed by atoms with Crippen molar-refractivity contribution >= 4 is 28.8 Å². The maximum absolute atomic E-state index is 12.4. The second-order valence-corrected chi connectivity index (χ2v) is 7.71. The van der Waals surface area contributed by atoms with Gasteiger partial charge in [-0.25, -0.2) is 0 Å². The van der Waals surface area contributed by atoms with Crippen LogP contribution in [0.4, 0.5) is 5.69 Å². The fourth-order valence-corrected chi connectivity index (χ4v) is 3.84. The molecule has 1 fully saturated rings. The Bertz CT molecular complexity index is 861. The van der Waals surface area contributed by atoms with E-state index in [1.54, 1.807) is 23.2 Å². The first-order valence-corrected chi connectivity index (χ1v) is 9.88. The monoisotopic (exact) mass is 402 g/mol. The zero-order chi connectivity index (χ0) is 20.1. The van der Waals surface area contributed by atoms with Crippen LogP contribution in [0.25, 0.3) is 0 Å². The topological polar surface area (TPSA) is 95.8 Å². The van der Waals surface area contributed by atoms with Gasteiger partial charge in [0.25, 0.3) is 11.6 Å². The molecule has 0 radical (unpaired) electrons. The Hall–Kier alpha value is -2.78. The highest BCUT2D eigenvalue weighted by atomic mass is 32.1. The summed E-state index contributed by atoms with van der Waals surface area (Å²) in [5, 5.41) is 15.6. The average molecular weight is 402 g/mol. The Labute approximate surface area is 166 Å². The number of piperazine rings is 1. The number of thiophene rings is 1. The summed E-state index contributed by atoms with van der Waals surface area (Å²) in [5.74, 6) is -0.640. The summed E-state index contributed by atoms with van der Waals surface area (Å²) in [4.78, 5) is 40.4. The summed E-state index contributed by atoms with van der Waals surface area (Å²) in [5.41, 5.74) is 0.546. The third-order valence-electron chi connectivity index (χ3n) is 4.75. The molecule has 148 valence electrons. The zero-order valence-corrected chi connectivity index (χ0v) is 16.4. The number of carbonyl (C=O) groups is 2. The van der Waals surface area contributed by atoms with E-state index < -0.39 is 10.8 Å². The summed E-state index contributed by atoms with van der Waals surface area (Å²) in [6, 6.07) is 8.42. The van der Waals surface area contributed by atoms with E-state index in [9.17, 15) is 19.7 Å². The van der Waals surface area contributed by atoms with Gasteiger partial charge in [-0.15, -0.1) is 11.3 Å². The molecular formula is C19H22N4O4S. The van der Waals surface area contributed by atoms with Crippen LogP contribution in [-0.2, 0) is 11.3 Å². The van der Waals surface area contributed by atoms with Gasteiger partial charge >= 0.3 is 0 Å². The molecule has 1 aliphatic heterocycles. The number of nitro benzene ring substituents is 1. The van der Waals surface area contributed by atoms with Gasteiger partial charge in [-0.2, -0.15) is 0 Å². The van der Waals surface area contributed by atoms with Crippen LogP contribution in [0, 0.1) is 17.0 Å². The first-order valence-electron chi connectivity index (χ1n) is 9.00. The fraction of sp³-hybridized carbons (Fsp3) is 0.368. The van der Waals surface area contributed by atoms with Gasteiger partial charge in [0, 0.05) is 54.8 Å². The molecule has 0 unspecified atom stereocenters. The SMILES string of the molecule is Cc1ccc(C(=O)NCC(=O)N2CCN(Cc3cccs3)CC2)cc1[N+](=O)[O-]. The van der Waals surface area contributed by atoms with Crippen molar-refractivity contribution in [3.8, 4) is 0 Å². The lowest BCUT2D eigenvalue weighted by molar-refractivity contribution is -0.385. The molecule has 9 heteroatoms. The number of aryl methyl sites for hydroxylation is 1. The molecule has 2 aromatic rings. The number of nitrogens with zero attached hydrogens (tertiary/aromatic N) is 3. The van der Waals surface area contributed by atoms with Gasteiger partial charge in [0.15, 0.2) is 0 Å². The second-order valence-electron chi connectivity index (χ2n) is 6.68. The summed E-state index contributed by atoms with van der Waals surface area (Å²) >= 11 is 1.72. The smallest absolute Gasteiger partial charge is 0.273 e. The molecule has 1 N–H and O–H groups in total. The predicted molar refractivity (Wildman–Crippen MR) is 106 cm³/mol. The number of nitro groups is 1. The third-order valence-corrected chi connectivity index (χ3v) is 5.61. The predicted octanol–water partition coefficient (Wildman–Crippen LogP) is 2.04. The first kappa shape index (κ1) is 20.0. The highest BCUT2D eigenvalue weighted by Crippen LogP contribution is 2.19. The molecule has 1 saturated heterocycles. The minimum atomic E-state index is -0.521. The van der Waals surface area contributed by atoms with Crippen LogP contribution < -0.4 is 5.32 Å². The minimum Gasteiger partial charge on any atom is -0.343 e. The van der Waals surface area contributed by atoms with Gasteiger partial charge in [-0.3, -0.25) is 24.6 Å². The van der Waals surface area contributed by atoms with E-state index in [-0.39, 0.29) is 23.7 Å². The van der Waals surface area contributed by atoms with Crippen molar-refractivity contribution in [2.45, 2.75) is 13.5 Å². The molecule has 28 heavy (non-hydrogen) atoms. The molecule has 2 heterocycles. The van der Waals surface area contributed by atoms with E-state index in [4.69, 9.17) is 0 Å². The van der Waals surface area contributed by atoms with Crippen LogP contribution in [0.1, 0.15) is 20.8 Å². The maximum atomic E-state index is 12.4. The first-order chi connectivity index (χ1) is 13.4. The molecule has 8 nitrogen and oxygen atoms in total. The molecule has 0 atom stereocenters. The van der Waals surface area contributed by atoms with E-state index in [0.29, 0.717) is 18.7 Å². The second kappa shape index (κ2) is 8.94. The Morgan fingerprint density at radius 1 is 1.21 bits per heavy atom. The quantitative estimate of drug-likeness (QED) is 0.589. The van der Waals surface area contributed by atoms with Crippen molar-refractivity contribution in [2.24, 2.45) is 0 Å². The molecule has 0 spiro atoms. The van der Waals surface area contributed by atoms with Crippen molar-refractivity contribution in [3.63, 3.8) is 0 Å². The lowest BCUT2D eigenvalue weighted by Crippen LogP contribution is -2.50. The maximum Gasteiger partial charge on any atom is 0.273 e. The van der Waals surface area contributed by atoms with Crippen LogP contribution in [0.3, 0.4) is 0 Å². The Morgan fingerprint density at radius 2 is 1.96 bits per heavy atom. The Balaban J connectivity index is 1.47. The lowest BCUT2D eigenvalue weighted by atomic mass is 10.1. The molecule has 1 aromatic carbocycles. The van der Waals surface area contributed by atoms with Gasteiger partial charge in [0.05, 0.1) is 11.5 Å². The number of amides is 2. The summed E-state index contributed by atoms with van der Waals surface area (Å²) < 4.78 is 0. The van der Waals surface area contributed by atoms with Crippen LogP contribution in [0.15, 0.2) is 35.7 Å². The van der Waals surface area contributed by atoms with Crippen LogP contribution in [-0.4, -0.2) is 59.3 Å². The van der Waals surface area contributed by atoms with Crippen LogP contribution in [0.2, 0.25) is 0 Å². The average Bonchev–Trinajstić information content (AvgIpc) is 3.19. The van der Waals surface area contributed by atoms with Gasteiger partial charge in [0.2, 0.25) is 5.91 Å². The fourth-order valence-electron chi connectivity index (χ4n) is 3.10. The number of nitrogens with one attached hydrogen (secondary N) is 1. The zero-order valence-electron chi connectivity index (χ0n) is 15.6. The molecule has 0 bridgehead atoms. The van der Waals surface area contributed by atoms with Crippen molar-refractivity contribution in [1.82, 2.24) is 15.1 Å². The molecule has 0 saturated carbocycles. The standard InChI is InChI=1S/C19H22N4O4S/c1-14-4-5-15(11-17(14)23(26)27)19(25)20-12-18(24)22-8-6-21(7-9-22)13-16-3-2-10-28-16/h2-5,10-11H,6-9,12-13H2,1H3,(H,20,25). The molecule has 0 aliphatic carbocycles. The number of hydrogen-bond donors (Lipinski definition) is 1. The number of rotatable bonds is 6. The van der Waals surface area contributed by atoms with E-state index >= 15 is 0 Å². The highest BCUT2D eigenvalue weighted by molar-refractivity contribution is 7.09. The minimum absolute atomic E-state index is 0.110. The van der Waals surface area contributed by atoms with Gasteiger partial charge in [-0.1, -0.05) is 12.1 Å². The lowest BCUT2D eigenvalue weighted by Gasteiger charge is -2.34. The molecule has 1 aromatic heterocycles. The van der Waals surface area contributed by atoms with Crippen molar-refractivity contribution in [3.05, 3.63) is 61.8 Å². The van der Waals surface area contributed by atoms with Gasteiger partial charge < -0.3 is 10.2 Å². The highest BCUT2D eigenvalue weighted by Gasteiger charge is 2.22. The Morgan fingerprint density at radius 3 is 2.61 bits per heavy atom. The van der Waals surface area contributed by atoms with E-state index in [0.717, 1.165) is 19.6 Å². The van der Waals surface area contributed by atoms with E-state index in [1.165, 1.54) is 23.1 Å². The molecule has 1 aliphatic rings. The van der Waals surface area contributed by atoms with Crippen molar-refractivity contribution < 1.29 is 14.5 Å². The van der Waals surface area contributed by atoms with Gasteiger partial charge in [0.1, 0.15) is 0 Å². The summed E-state index contributed by atoms with van der Waals surface area (Å²) in [6.45, 7) is 5.21. The summed E-state index contributed by atoms with van der Waals surface area (Å²) in [7, 11) is 0. The molecular weight excluding hydrogens is 380 g/mol. The van der Waals surface area contributed by atoms with Crippen molar-refractivity contribution in [1.29, 1.82) is 0 Å². The van der Waals surface area contributed by atoms with Crippen LogP contribution in [0.5, 0.6) is 0 Å². The largest absolute Gasteiger partial charge is 0.343 e. The summed E-state index contributed by atoms with van der Waals surface area (Å²) in [6.07, 6.45) is 0. The molecule has 2 amide bonds. The third kappa shape index (κ3) is 4.93. The van der Waals surface area contributed by atoms with Gasteiger partial charge in [-0.05, 0) is 24.4 Å². The number of carbonyl (C=O) groups excluding carboxylic acids is 2. The number of hydrogen-bond acceptors (Lipinski definition) is 6. The Kier molecular flexibility index (Phi) is 6.37. The van der Waals surface area contributed by atoms with Crippen LogP contribution >= 0.6 is 11.3 Å². The van der Waals surface area contributed by atoms with Crippen molar-refractivity contribution in [2.75, 3.05) is 32.7 Å². The van der Waals surface area contributed by atoms with E-state index in [1.807, 2.05) is 6.07 Å². The number of benzene rings is 1. The van der Waals surface area contributed by atoms with E-state index in [2.05, 4.69) is 21.7 Å². The normalized spacial score (nSPS) is 14.7. The molecule has 3 rings (SSSR count).